The molecule has 0 bridgehead atoms. The van der Waals surface area contributed by atoms with Gasteiger partial charge in [-0.15, -0.1) is 11.8 Å². The van der Waals surface area contributed by atoms with Crippen molar-refractivity contribution in [3.05, 3.63) is 305 Å². The minimum atomic E-state index is -1.65. The molecule has 3 aliphatic heterocycles. The van der Waals surface area contributed by atoms with Gasteiger partial charge in [-0.25, -0.2) is 9.59 Å². The third-order valence-electron chi connectivity index (χ3n) is 26.6. The summed E-state index contributed by atoms with van der Waals surface area (Å²) in [4.78, 5) is 186. The average molecular weight is 1980 g/mol. The van der Waals surface area contributed by atoms with Crippen molar-refractivity contribution >= 4 is 95.5 Å². The molecule has 4 aliphatic rings. The van der Waals surface area contributed by atoms with Crippen molar-refractivity contribution in [1.29, 1.82) is 0 Å². The van der Waals surface area contributed by atoms with E-state index in [0.29, 0.717) is 37.0 Å². The van der Waals surface area contributed by atoms with Crippen LogP contribution in [0.25, 0.3) is 11.1 Å². The quantitative estimate of drug-likeness (QED) is 0.0125. The minimum absolute atomic E-state index is 0.00409. The summed E-state index contributed by atoms with van der Waals surface area (Å²) in [6.45, 7) is 21.3. The number of carboxylic acid groups (broad SMARTS) is 1. The number of carbonyl (C=O) groups excluding carboxylic acids is 11. The van der Waals surface area contributed by atoms with E-state index < -0.39 is 177 Å². The molecule has 12 atom stereocenters. The number of rotatable bonds is 42. The van der Waals surface area contributed by atoms with Crippen LogP contribution in [0.2, 0.25) is 0 Å². The standard InChI is InChI=1S/C113H135N11O17S2/c1-13-72(2)96(106(134)123-65-38-57-94(123)105(133)122-64-36-55-92(122)102(130)114-87(98(126)117-90(70-142)107(135)136)62-63-95(125)121-112(75-39-20-14-21-40-75,76-41-22-15-23-42-76)77-43-24-16-25-44-77)119-100(128)89(69-139-109(4,5)6)116-99(127)88(67-74-58-60-81(61-59-74)141-111(10,11)12)115-104(132)97(73(3)140-110(7,8)9)120-101(129)91(71-143-113(78-45-26-17-27-46-78,79-47-28-18-29-48-79)80-49-30-19-31-50-80)118-103(131)93-56-37-66-124(93)108(137)138-68-86-84-53-34-32-51-82(84)83-52-33-35-54-85(83)86/h14-35,39-54,58-61,72-73,86-94,96-97,142H,13,36-38,55-57,62-71H2,1-12H3,(H,114,130)(H,115,132)(H,116,127)(H,117,126)(H,118,131)(H,119,128)(H,120,129)(H,121,125)(H,135,136)/t72-,73+,87-,88-,89-,90-,91-,92-,93-,94-,96-,97-/m0/s1. The van der Waals surface area contributed by atoms with E-state index in [-0.39, 0.29) is 82.2 Å². The van der Waals surface area contributed by atoms with Crippen LogP contribution in [0.5, 0.6) is 5.75 Å². The molecule has 0 aromatic heterocycles. The van der Waals surface area contributed by atoms with Crippen molar-refractivity contribution in [3.8, 4) is 16.9 Å². The number of benzene rings is 9. The van der Waals surface area contributed by atoms with Gasteiger partial charge in [0.15, 0.2) is 0 Å². The Morgan fingerprint density at radius 2 is 0.874 bits per heavy atom. The van der Waals surface area contributed by atoms with Crippen molar-refractivity contribution in [1.82, 2.24) is 57.2 Å². The van der Waals surface area contributed by atoms with Crippen LogP contribution in [0.3, 0.4) is 0 Å². The molecule has 0 spiro atoms. The second-order valence-corrected chi connectivity index (χ2v) is 41.8. The van der Waals surface area contributed by atoms with E-state index in [4.69, 9.17) is 18.9 Å². The fourth-order valence-corrected chi connectivity index (χ4v) is 21.2. The van der Waals surface area contributed by atoms with Gasteiger partial charge in [-0.2, -0.15) is 12.6 Å². The lowest BCUT2D eigenvalue weighted by atomic mass is 9.77. The third kappa shape index (κ3) is 26.9. The highest BCUT2D eigenvalue weighted by atomic mass is 32.2. The van der Waals surface area contributed by atoms with Gasteiger partial charge in [0.25, 0.3) is 0 Å². The van der Waals surface area contributed by atoms with E-state index in [0.717, 1.165) is 55.6 Å². The summed E-state index contributed by atoms with van der Waals surface area (Å²) in [5.74, 6) is -9.77. The van der Waals surface area contributed by atoms with Crippen LogP contribution < -0.4 is 47.3 Å². The summed E-state index contributed by atoms with van der Waals surface area (Å²) in [6, 6.07) is 66.3. The van der Waals surface area contributed by atoms with Crippen molar-refractivity contribution in [2.75, 3.05) is 44.4 Å². The fourth-order valence-electron chi connectivity index (χ4n) is 19.4. The number of nitrogens with zero attached hydrogens (tertiary/aromatic N) is 3. The van der Waals surface area contributed by atoms with Gasteiger partial charge in [-0.3, -0.25) is 52.8 Å². The molecule has 28 nitrogen and oxygen atoms in total. The van der Waals surface area contributed by atoms with E-state index in [2.05, 4.69) is 55.2 Å². The molecule has 13 rings (SSSR count). The van der Waals surface area contributed by atoms with E-state index >= 15 is 33.6 Å². The number of thioether (sulfide) groups is 1. The lowest BCUT2D eigenvalue weighted by molar-refractivity contribution is -0.149. The van der Waals surface area contributed by atoms with E-state index in [9.17, 15) is 29.1 Å². The molecule has 3 fully saturated rings. The number of carboxylic acids is 1. The van der Waals surface area contributed by atoms with Gasteiger partial charge in [0.1, 0.15) is 83.9 Å². The summed E-state index contributed by atoms with van der Waals surface area (Å²) in [5.41, 5.74) is 5.61. The molecular formula is C113H135N11O17S2. The topological polar surface area (TPSA) is 368 Å². The molecule has 9 N–H and O–H groups in total. The Labute approximate surface area is 848 Å². The normalized spacial score (nSPS) is 17.3. The van der Waals surface area contributed by atoms with Gasteiger partial charge in [0.05, 0.1) is 28.7 Å². The average Bonchev–Trinajstić information content (AvgIpc) is 1.60. The van der Waals surface area contributed by atoms with Gasteiger partial charge >= 0.3 is 12.1 Å². The molecule has 0 radical (unpaired) electrons. The predicted molar refractivity (Wildman–Crippen MR) is 554 cm³/mol. The highest BCUT2D eigenvalue weighted by Crippen LogP contribution is 2.50. The monoisotopic (exact) mass is 1980 g/mol. The van der Waals surface area contributed by atoms with E-state index in [1.54, 1.807) is 79.7 Å². The first kappa shape index (κ1) is 107. The van der Waals surface area contributed by atoms with Crippen molar-refractivity contribution in [3.63, 3.8) is 0 Å². The Balaban J connectivity index is 0.761. The lowest BCUT2D eigenvalue weighted by Gasteiger charge is -2.37. The number of likely N-dealkylation sites (tertiary alicyclic amines) is 3. The second kappa shape index (κ2) is 48.3. The molecule has 30 heteroatoms. The van der Waals surface area contributed by atoms with Crippen LogP contribution in [0, 0.1) is 5.92 Å². The van der Waals surface area contributed by atoms with Gasteiger partial charge in [-0.1, -0.05) is 263 Å². The molecule has 3 saturated heterocycles. The number of fused-ring (bicyclic) bond motifs is 3. The van der Waals surface area contributed by atoms with Gasteiger partial charge in [0.2, 0.25) is 59.1 Å². The summed E-state index contributed by atoms with van der Waals surface area (Å²) >= 11 is 5.57. The zero-order valence-electron chi connectivity index (χ0n) is 83.5. The smallest absolute Gasteiger partial charge is 0.410 e. The zero-order chi connectivity index (χ0) is 103. The van der Waals surface area contributed by atoms with E-state index in [1.807, 2.05) is 258 Å². The minimum Gasteiger partial charge on any atom is -0.488 e. The molecule has 1 aliphatic carbocycles. The predicted octanol–water partition coefficient (Wildman–Crippen LogP) is 13.9. The molecule has 9 aromatic rings. The number of nitrogens with one attached hydrogen (secondary N) is 8. The number of thiol groups is 1. The lowest BCUT2D eigenvalue weighted by Crippen LogP contribution is -2.63. The maximum absolute atomic E-state index is 16.2. The van der Waals surface area contributed by atoms with Crippen LogP contribution in [-0.4, -0.2) is 219 Å². The molecule has 3 heterocycles. The van der Waals surface area contributed by atoms with Crippen LogP contribution in [0.1, 0.15) is 197 Å². The highest BCUT2D eigenvalue weighted by Gasteiger charge is 2.49. The Hall–Kier alpha value is -13.2. The Bertz CT molecular complexity index is 5660. The molecule has 11 amide bonds. The molecule has 143 heavy (non-hydrogen) atoms. The van der Waals surface area contributed by atoms with Crippen molar-refractivity contribution in [2.24, 2.45) is 5.92 Å². The van der Waals surface area contributed by atoms with Gasteiger partial charge < -0.3 is 76.4 Å². The van der Waals surface area contributed by atoms with Crippen LogP contribution in [0.4, 0.5) is 4.79 Å². The molecular weight excluding hydrogens is 1850 g/mol. The third-order valence-corrected chi connectivity index (χ3v) is 28.6. The Morgan fingerprint density at radius 3 is 1.36 bits per heavy atom. The largest absolute Gasteiger partial charge is 0.488 e. The first-order chi connectivity index (χ1) is 68.4. The first-order valence-electron chi connectivity index (χ1n) is 49.5. The number of carbonyl (C=O) groups is 12. The van der Waals surface area contributed by atoms with Gasteiger partial charge in [0, 0.05) is 49.9 Å². The summed E-state index contributed by atoms with van der Waals surface area (Å²) < 4.78 is 24.3. The molecule has 9 aromatic carbocycles. The van der Waals surface area contributed by atoms with Gasteiger partial charge in [-0.05, 0) is 193 Å². The maximum Gasteiger partial charge on any atom is 0.410 e. The number of aliphatic carboxylic acids is 1. The SMILES string of the molecule is CC[C@H](C)[C@H](NC(=O)[C@H](COC(C)(C)C)NC(=O)[C@H](Cc1ccc(OC(C)(C)C)cc1)NC(=O)[C@@H](NC(=O)[C@H](CSC(c1ccccc1)(c1ccccc1)c1ccccc1)NC(=O)[C@@H]1CCCN1C(=O)OCC1c2ccccc2-c2ccccc21)[C@@H](C)OC(C)(C)C)C(=O)N1CCC[C@H]1C(=O)N1CCC[C@H]1C(=O)N[C@@H](CCC(=O)NC(c1ccccc1)(c1ccccc1)c1ccccc1)C(=O)N[C@@H](CS)C(=O)O. The van der Waals surface area contributed by atoms with Crippen LogP contribution >= 0.6 is 24.4 Å². The summed E-state index contributed by atoms with van der Waals surface area (Å²) in [6.07, 6.45) is -0.804. The van der Waals surface area contributed by atoms with Crippen molar-refractivity contribution in [2.45, 2.75) is 247 Å². The van der Waals surface area contributed by atoms with Crippen LogP contribution in [-0.2, 0) is 83.7 Å². The number of amides is 11. The Kier molecular flexibility index (Phi) is 36.2. The number of hydrogen-bond donors (Lipinski definition) is 10. The Morgan fingerprint density at radius 1 is 0.448 bits per heavy atom. The van der Waals surface area contributed by atoms with E-state index in [1.165, 1.54) is 26.5 Å². The molecule has 0 unspecified atom stereocenters. The molecule has 0 saturated carbocycles. The summed E-state index contributed by atoms with van der Waals surface area (Å²) in [5, 5.41) is 33.6. The number of hydrogen-bond acceptors (Lipinski definition) is 18. The highest BCUT2D eigenvalue weighted by molar-refractivity contribution is 8.00. The molecule has 756 valence electrons. The van der Waals surface area contributed by atoms with Crippen molar-refractivity contribution < 1.29 is 81.6 Å². The van der Waals surface area contributed by atoms with Crippen LogP contribution in [0.15, 0.2) is 255 Å². The zero-order valence-corrected chi connectivity index (χ0v) is 85.2. The second-order valence-electron chi connectivity index (χ2n) is 40.2. The maximum atomic E-state index is 16.2. The fraction of sp³-hybridized carbons (Fsp3) is 0.416. The first-order valence-corrected chi connectivity index (χ1v) is 51.1. The number of ether oxygens (including phenoxy) is 4. The summed E-state index contributed by atoms with van der Waals surface area (Å²) in [7, 11) is 0.